The largest absolute Gasteiger partial charge is 0.399 e. The van der Waals surface area contributed by atoms with Crippen molar-refractivity contribution in [2.24, 2.45) is 5.92 Å². The average Bonchev–Trinajstić information content (AvgIpc) is 2.74. The van der Waals surface area contributed by atoms with Crippen LogP contribution in [-0.2, 0) is 14.3 Å². The molecule has 2 aliphatic rings. The van der Waals surface area contributed by atoms with Gasteiger partial charge in [0.2, 0.25) is 5.91 Å². The molecule has 2 aromatic rings. The number of nitrogens with two attached hydrogens (primary N) is 1. The van der Waals surface area contributed by atoms with Gasteiger partial charge < -0.3 is 20.1 Å². The highest BCUT2D eigenvalue weighted by Crippen LogP contribution is 2.30. The van der Waals surface area contributed by atoms with Crippen molar-refractivity contribution in [1.29, 1.82) is 0 Å². The van der Waals surface area contributed by atoms with Gasteiger partial charge in [-0.2, -0.15) is 0 Å². The lowest BCUT2D eigenvalue weighted by molar-refractivity contribution is -0.208. The number of ether oxygens (including phenoxy) is 2. The molecule has 0 unspecified atom stereocenters. The molecular formula is C22H22F2N2O3. The Labute approximate surface area is 167 Å². The van der Waals surface area contributed by atoms with Crippen molar-refractivity contribution in [3.05, 3.63) is 71.3 Å². The van der Waals surface area contributed by atoms with Crippen LogP contribution in [0.15, 0.2) is 48.5 Å². The van der Waals surface area contributed by atoms with Crippen LogP contribution >= 0.6 is 0 Å². The van der Waals surface area contributed by atoms with Crippen molar-refractivity contribution in [3.8, 4) is 0 Å². The Morgan fingerprint density at radius 3 is 2.31 bits per heavy atom. The second-order valence-electron chi connectivity index (χ2n) is 7.23. The molecule has 5 nitrogen and oxygen atoms in total. The van der Waals surface area contributed by atoms with Gasteiger partial charge in [0, 0.05) is 29.9 Å². The normalized spacial score (nSPS) is 22.3. The highest BCUT2D eigenvalue weighted by Gasteiger charge is 2.32. The summed E-state index contributed by atoms with van der Waals surface area (Å²) in [5, 5.41) is 0. The average molecular weight is 400 g/mol. The summed E-state index contributed by atoms with van der Waals surface area (Å²) in [5.41, 5.74) is 6.91. The van der Waals surface area contributed by atoms with Gasteiger partial charge in [-0.15, -0.1) is 0 Å². The molecule has 0 atom stereocenters. The van der Waals surface area contributed by atoms with Gasteiger partial charge in [-0.25, -0.2) is 8.78 Å². The molecule has 4 rings (SSSR count). The van der Waals surface area contributed by atoms with Crippen LogP contribution in [0.3, 0.4) is 0 Å². The fraction of sp³-hybridized carbons (Fsp3) is 0.318. The molecule has 2 aromatic carbocycles. The quantitative estimate of drug-likeness (QED) is 0.801. The first-order valence-corrected chi connectivity index (χ1v) is 9.54. The molecule has 1 saturated heterocycles. The van der Waals surface area contributed by atoms with Gasteiger partial charge >= 0.3 is 0 Å². The summed E-state index contributed by atoms with van der Waals surface area (Å²) in [6, 6.07) is 11.8. The first-order valence-electron chi connectivity index (χ1n) is 9.54. The summed E-state index contributed by atoms with van der Waals surface area (Å²) in [6.45, 7) is 1.21. The minimum atomic E-state index is -0.686. The van der Waals surface area contributed by atoms with E-state index in [4.69, 9.17) is 15.2 Å². The summed E-state index contributed by atoms with van der Waals surface area (Å²) < 4.78 is 39.7. The third-order valence-corrected chi connectivity index (χ3v) is 5.22. The molecule has 0 aromatic heterocycles. The zero-order valence-electron chi connectivity index (χ0n) is 15.8. The molecule has 0 spiro atoms. The van der Waals surface area contributed by atoms with Crippen LogP contribution in [0.2, 0.25) is 0 Å². The molecule has 0 bridgehead atoms. The fourth-order valence-electron chi connectivity index (χ4n) is 3.70. The molecule has 7 heteroatoms. The first kappa shape index (κ1) is 19.5. The van der Waals surface area contributed by atoms with Crippen LogP contribution in [0.25, 0.3) is 5.57 Å². The van der Waals surface area contributed by atoms with E-state index < -0.39 is 23.8 Å². The Morgan fingerprint density at radius 1 is 1.07 bits per heavy atom. The van der Waals surface area contributed by atoms with Gasteiger partial charge in [-0.05, 0) is 24.1 Å². The maximum atomic E-state index is 14.1. The minimum Gasteiger partial charge on any atom is -0.399 e. The number of halogens is 2. The second kappa shape index (κ2) is 8.31. The summed E-state index contributed by atoms with van der Waals surface area (Å²) >= 11 is 0. The van der Waals surface area contributed by atoms with Crippen molar-refractivity contribution in [2.45, 2.75) is 12.7 Å². The number of anilines is 1. The third-order valence-electron chi connectivity index (χ3n) is 5.22. The van der Waals surface area contributed by atoms with E-state index >= 15 is 0 Å². The van der Waals surface area contributed by atoms with Crippen LogP contribution in [0.1, 0.15) is 23.8 Å². The van der Waals surface area contributed by atoms with E-state index in [2.05, 4.69) is 0 Å². The molecule has 1 fully saturated rings. The number of nitrogen functional groups attached to an aromatic ring is 1. The summed E-state index contributed by atoms with van der Waals surface area (Å²) in [6.07, 6.45) is 1.59. The molecule has 152 valence electrons. The molecule has 1 amide bonds. The maximum absolute atomic E-state index is 14.1. The Bertz CT molecular complexity index is 902. The molecule has 0 radical (unpaired) electrons. The van der Waals surface area contributed by atoms with E-state index in [1.54, 1.807) is 11.0 Å². The molecule has 2 aliphatic heterocycles. The van der Waals surface area contributed by atoms with Gasteiger partial charge in [-0.1, -0.05) is 36.4 Å². The highest BCUT2D eigenvalue weighted by molar-refractivity contribution is 5.81. The molecular weight excluding hydrogens is 378 g/mol. The molecule has 29 heavy (non-hydrogen) atoms. The number of carbonyl (C=O) groups is 1. The molecule has 0 aliphatic carbocycles. The Hall–Kier alpha value is -2.77. The fourth-order valence-corrected chi connectivity index (χ4v) is 3.70. The van der Waals surface area contributed by atoms with Crippen LogP contribution in [0.4, 0.5) is 14.5 Å². The van der Waals surface area contributed by atoms with E-state index in [0.29, 0.717) is 18.5 Å². The van der Waals surface area contributed by atoms with Crippen molar-refractivity contribution in [3.63, 3.8) is 0 Å². The van der Waals surface area contributed by atoms with Gasteiger partial charge in [-0.3, -0.25) is 4.79 Å². The van der Waals surface area contributed by atoms with Crippen molar-refractivity contribution >= 4 is 17.2 Å². The van der Waals surface area contributed by atoms with Gasteiger partial charge in [0.05, 0.1) is 19.1 Å². The monoisotopic (exact) mass is 400 g/mol. The van der Waals surface area contributed by atoms with E-state index in [1.807, 2.05) is 30.3 Å². The summed E-state index contributed by atoms with van der Waals surface area (Å²) in [7, 11) is 0. The number of amides is 1. The minimum absolute atomic E-state index is 0.0445. The number of benzene rings is 2. The summed E-state index contributed by atoms with van der Waals surface area (Å²) in [4.78, 5) is 14.5. The van der Waals surface area contributed by atoms with Crippen molar-refractivity contribution in [1.82, 2.24) is 4.90 Å². The van der Waals surface area contributed by atoms with Crippen molar-refractivity contribution in [2.75, 3.05) is 32.0 Å². The van der Waals surface area contributed by atoms with Gasteiger partial charge in [0.1, 0.15) is 11.6 Å². The number of nitrogens with zero attached hydrogens (tertiary/aromatic N) is 1. The first-order chi connectivity index (χ1) is 14.0. The lowest BCUT2D eigenvalue weighted by atomic mass is 9.97. The third kappa shape index (κ3) is 4.16. The molecule has 0 saturated carbocycles. The van der Waals surface area contributed by atoms with Gasteiger partial charge in [0.15, 0.2) is 6.29 Å². The predicted molar refractivity (Wildman–Crippen MR) is 105 cm³/mol. The van der Waals surface area contributed by atoms with Crippen LogP contribution in [0.5, 0.6) is 0 Å². The lowest BCUT2D eigenvalue weighted by Gasteiger charge is -2.34. The standard InChI is InChI=1S/C22H22F2N2O3/c23-18-10-17(25)11-19(24)20(18)14-6-8-26(9-7-14)21(27)16-12-28-22(29-13-16)15-4-2-1-3-5-15/h1-6,10-11,16,22H,7-9,12-13,25H2. The lowest BCUT2D eigenvalue weighted by Crippen LogP contribution is -2.44. The Morgan fingerprint density at radius 2 is 1.72 bits per heavy atom. The van der Waals surface area contributed by atoms with E-state index in [-0.39, 0.29) is 36.9 Å². The second-order valence-corrected chi connectivity index (χ2v) is 7.23. The number of carbonyl (C=O) groups excluding carboxylic acids is 1. The van der Waals surface area contributed by atoms with E-state index in [9.17, 15) is 13.6 Å². The van der Waals surface area contributed by atoms with Crippen LogP contribution < -0.4 is 5.73 Å². The van der Waals surface area contributed by atoms with Crippen LogP contribution in [-0.4, -0.2) is 37.1 Å². The number of rotatable bonds is 3. The van der Waals surface area contributed by atoms with Gasteiger partial charge in [0.25, 0.3) is 0 Å². The van der Waals surface area contributed by atoms with Crippen LogP contribution in [0, 0.1) is 17.6 Å². The molecule has 2 N–H and O–H groups in total. The predicted octanol–water partition coefficient (Wildman–Crippen LogP) is 3.52. The topological polar surface area (TPSA) is 64.8 Å². The van der Waals surface area contributed by atoms with E-state index in [0.717, 1.165) is 17.7 Å². The smallest absolute Gasteiger partial charge is 0.230 e. The zero-order valence-corrected chi connectivity index (χ0v) is 15.8. The highest BCUT2D eigenvalue weighted by atomic mass is 19.1. The number of hydrogen-bond donors (Lipinski definition) is 1. The maximum Gasteiger partial charge on any atom is 0.230 e. The Kier molecular flexibility index (Phi) is 5.60. The Balaban J connectivity index is 1.37. The van der Waals surface area contributed by atoms with Crippen molar-refractivity contribution < 1.29 is 23.0 Å². The van der Waals surface area contributed by atoms with E-state index in [1.165, 1.54) is 0 Å². The molecule has 2 heterocycles. The zero-order chi connectivity index (χ0) is 20.4. The summed E-state index contributed by atoms with van der Waals surface area (Å²) in [5.74, 6) is -1.84. The SMILES string of the molecule is Nc1cc(F)c(C2=CCN(C(=O)C3COC(c4ccccc4)OC3)CC2)c(F)c1. The number of hydrogen-bond acceptors (Lipinski definition) is 4.